The molecule has 2 aromatic carbocycles. The zero-order chi connectivity index (χ0) is 18.5. The van der Waals surface area contributed by atoms with E-state index in [1.54, 1.807) is 31.4 Å². The van der Waals surface area contributed by atoms with Gasteiger partial charge in [-0.05, 0) is 50.2 Å². The molecule has 1 atom stereocenters. The van der Waals surface area contributed by atoms with Gasteiger partial charge in [-0.25, -0.2) is 0 Å². The van der Waals surface area contributed by atoms with Crippen molar-refractivity contribution in [2.75, 3.05) is 13.7 Å². The number of hydrogen-bond donors (Lipinski definition) is 1. The van der Waals surface area contributed by atoms with Crippen LogP contribution in [0.2, 0.25) is 0 Å². The quantitative estimate of drug-likeness (QED) is 0.736. The lowest BCUT2D eigenvalue weighted by atomic mass is 10.1. The Bertz CT molecular complexity index is 870. The lowest BCUT2D eigenvalue weighted by Gasteiger charge is -2.12. The molecular formula is C20H21N3O3. The molecule has 3 rings (SSSR count). The number of aromatic nitrogens is 2. The van der Waals surface area contributed by atoms with E-state index < -0.39 is 0 Å². The molecule has 0 fully saturated rings. The van der Waals surface area contributed by atoms with Crippen molar-refractivity contribution in [2.45, 2.75) is 19.9 Å². The van der Waals surface area contributed by atoms with Crippen LogP contribution in [0.1, 0.15) is 22.8 Å². The van der Waals surface area contributed by atoms with E-state index in [0.29, 0.717) is 24.0 Å². The minimum atomic E-state index is -0.146. The van der Waals surface area contributed by atoms with Gasteiger partial charge in [0.05, 0.1) is 6.61 Å². The summed E-state index contributed by atoms with van der Waals surface area (Å²) in [6.07, 6.45) is 0. The van der Waals surface area contributed by atoms with Crippen LogP contribution in [0.25, 0.3) is 22.9 Å². The Hall–Kier alpha value is -2.99. The zero-order valence-electron chi connectivity index (χ0n) is 15.0. The predicted molar refractivity (Wildman–Crippen MR) is 98.7 cm³/mol. The normalized spacial score (nSPS) is 12.0. The lowest BCUT2D eigenvalue weighted by molar-refractivity contribution is 0.0905. The molecule has 0 unspecified atom stereocenters. The maximum absolute atomic E-state index is 12.2. The third-order valence-corrected chi connectivity index (χ3v) is 3.91. The van der Waals surface area contributed by atoms with Crippen molar-refractivity contribution in [1.29, 1.82) is 0 Å². The minimum Gasteiger partial charge on any atom is -0.416 e. The van der Waals surface area contributed by atoms with Crippen molar-refractivity contribution in [3.05, 3.63) is 59.7 Å². The fourth-order valence-electron chi connectivity index (χ4n) is 2.52. The first-order chi connectivity index (χ1) is 12.6. The van der Waals surface area contributed by atoms with E-state index in [4.69, 9.17) is 9.15 Å². The molecule has 0 aliphatic carbocycles. The number of methoxy groups -OCH3 is 1. The fourth-order valence-corrected chi connectivity index (χ4v) is 2.52. The van der Waals surface area contributed by atoms with E-state index in [9.17, 15) is 4.79 Å². The molecule has 1 N–H and O–H groups in total. The second-order valence-electron chi connectivity index (χ2n) is 6.19. The second kappa shape index (κ2) is 7.93. The highest BCUT2D eigenvalue weighted by molar-refractivity contribution is 5.94. The van der Waals surface area contributed by atoms with E-state index in [0.717, 1.165) is 11.1 Å². The second-order valence-corrected chi connectivity index (χ2v) is 6.19. The van der Waals surface area contributed by atoms with E-state index in [2.05, 4.69) is 15.5 Å². The molecule has 1 heterocycles. The van der Waals surface area contributed by atoms with Gasteiger partial charge in [0.1, 0.15) is 0 Å². The van der Waals surface area contributed by atoms with Gasteiger partial charge in [0.15, 0.2) is 0 Å². The highest BCUT2D eigenvalue weighted by atomic mass is 16.5. The molecule has 6 heteroatoms. The molecule has 1 aromatic heterocycles. The van der Waals surface area contributed by atoms with E-state index >= 15 is 0 Å². The summed E-state index contributed by atoms with van der Waals surface area (Å²) in [7, 11) is 1.60. The van der Waals surface area contributed by atoms with Crippen LogP contribution >= 0.6 is 0 Å². The van der Waals surface area contributed by atoms with Gasteiger partial charge < -0.3 is 14.5 Å². The van der Waals surface area contributed by atoms with E-state index in [1.165, 1.54) is 5.56 Å². The third kappa shape index (κ3) is 4.15. The Kier molecular flexibility index (Phi) is 5.43. The molecule has 0 aliphatic rings. The monoisotopic (exact) mass is 351 g/mol. The molecule has 6 nitrogen and oxygen atoms in total. The topological polar surface area (TPSA) is 77.2 Å². The Morgan fingerprint density at radius 1 is 1.04 bits per heavy atom. The van der Waals surface area contributed by atoms with E-state index in [-0.39, 0.29) is 11.9 Å². The molecule has 134 valence electrons. The number of hydrogen-bond acceptors (Lipinski definition) is 5. The van der Waals surface area contributed by atoms with Gasteiger partial charge >= 0.3 is 0 Å². The summed E-state index contributed by atoms with van der Waals surface area (Å²) < 4.78 is 10.8. The molecule has 0 radical (unpaired) electrons. The molecule has 3 aromatic rings. The summed E-state index contributed by atoms with van der Waals surface area (Å²) in [6, 6.07) is 14.9. The van der Waals surface area contributed by atoms with Gasteiger partial charge in [0.2, 0.25) is 11.8 Å². The number of amides is 1. The van der Waals surface area contributed by atoms with Crippen molar-refractivity contribution in [3.63, 3.8) is 0 Å². The van der Waals surface area contributed by atoms with Crippen LogP contribution in [0.4, 0.5) is 0 Å². The number of rotatable bonds is 6. The maximum Gasteiger partial charge on any atom is 0.251 e. The Balaban J connectivity index is 1.73. The SMILES string of the molecule is COC[C@@H](C)NC(=O)c1ccc(-c2nnc(-c3ccc(C)cc3)o2)cc1. The highest BCUT2D eigenvalue weighted by Gasteiger charge is 2.13. The summed E-state index contributed by atoms with van der Waals surface area (Å²) in [5.41, 5.74) is 3.37. The van der Waals surface area contributed by atoms with Gasteiger partial charge in [-0.3, -0.25) is 4.79 Å². The molecular weight excluding hydrogens is 330 g/mol. The van der Waals surface area contributed by atoms with Crippen LogP contribution in [-0.2, 0) is 4.74 Å². The van der Waals surface area contributed by atoms with Gasteiger partial charge in [-0.1, -0.05) is 17.7 Å². The number of nitrogens with one attached hydrogen (secondary N) is 1. The van der Waals surface area contributed by atoms with Crippen molar-refractivity contribution >= 4 is 5.91 Å². The Morgan fingerprint density at radius 3 is 2.12 bits per heavy atom. The number of aryl methyl sites for hydroxylation is 1. The largest absolute Gasteiger partial charge is 0.416 e. The summed E-state index contributed by atoms with van der Waals surface area (Å²) >= 11 is 0. The highest BCUT2D eigenvalue weighted by Crippen LogP contribution is 2.24. The first kappa shape index (κ1) is 17.8. The van der Waals surface area contributed by atoms with Gasteiger partial charge in [-0.15, -0.1) is 10.2 Å². The molecule has 0 bridgehead atoms. The van der Waals surface area contributed by atoms with Crippen LogP contribution in [-0.4, -0.2) is 35.9 Å². The summed E-state index contributed by atoms with van der Waals surface area (Å²) in [4.78, 5) is 12.2. The number of carbonyl (C=O) groups excluding carboxylic acids is 1. The third-order valence-electron chi connectivity index (χ3n) is 3.91. The number of ether oxygens (including phenoxy) is 1. The number of benzene rings is 2. The summed E-state index contributed by atoms with van der Waals surface area (Å²) in [5.74, 6) is 0.738. The van der Waals surface area contributed by atoms with Crippen molar-refractivity contribution in [1.82, 2.24) is 15.5 Å². The van der Waals surface area contributed by atoms with Crippen LogP contribution in [0.5, 0.6) is 0 Å². The zero-order valence-corrected chi connectivity index (χ0v) is 15.0. The van der Waals surface area contributed by atoms with Crippen molar-refractivity contribution in [3.8, 4) is 22.9 Å². The van der Waals surface area contributed by atoms with Gasteiger partial charge in [0.25, 0.3) is 5.91 Å². The van der Waals surface area contributed by atoms with Crippen LogP contribution < -0.4 is 5.32 Å². The fraction of sp³-hybridized carbons (Fsp3) is 0.250. The Morgan fingerprint density at radius 2 is 1.58 bits per heavy atom. The first-order valence-electron chi connectivity index (χ1n) is 8.37. The van der Waals surface area contributed by atoms with Gasteiger partial charge in [-0.2, -0.15) is 0 Å². The standard InChI is InChI=1S/C20H21N3O3/c1-13-4-6-16(7-5-13)19-22-23-20(26-19)17-10-8-15(9-11-17)18(24)21-14(2)12-25-3/h4-11,14H,12H2,1-3H3,(H,21,24)/t14-/m1/s1. The molecule has 26 heavy (non-hydrogen) atoms. The van der Waals surface area contributed by atoms with Crippen LogP contribution in [0.3, 0.4) is 0 Å². The first-order valence-corrected chi connectivity index (χ1v) is 8.37. The summed E-state index contributed by atoms with van der Waals surface area (Å²) in [6.45, 7) is 4.38. The number of nitrogens with zero attached hydrogens (tertiary/aromatic N) is 2. The average molecular weight is 351 g/mol. The van der Waals surface area contributed by atoms with E-state index in [1.807, 2.05) is 38.1 Å². The van der Waals surface area contributed by atoms with Crippen LogP contribution in [0, 0.1) is 6.92 Å². The van der Waals surface area contributed by atoms with Crippen molar-refractivity contribution < 1.29 is 13.9 Å². The molecule has 0 saturated heterocycles. The smallest absolute Gasteiger partial charge is 0.251 e. The molecule has 0 aliphatic heterocycles. The minimum absolute atomic E-state index is 0.0554. The van der Waals surface area contributed by atoms with Crippen molar-refractivity contribution in [2.24, 2.45) is 0 Å². The number of carbonyl (C=O) groups is 1. The molecule has 0 spiro atoms. The Labute approximate surface area is 152 Å². The molecule has 1 amide bonds. The lowest BCUT2D eigenvalue weighted by Crippen LogP contribution is -2.35. The maximum atomic E-state index is 12.2. The van der Waals surface area contributed by atoms with Crippen LogP contribution in [0.15, 0.2) is 52.9 Å². The van der Waals surface area contributed by atoms with Gasteiger partial charge in [0, 0.05) is 29.8 Å². The summed E-state index contributed by atoms with van der Waals surface area (Å²) in [5, 5.41) is 11.1. The predicted octanol–water partition coefficient (Wildman–Crippen LogP) is 3.48. The molecule has 0 saturated carbocycles. The average Bonchev–Trinajstić information content (AvgIpc) is 3.12.